The number of hydrogen-bond acceptors (Lipinski definition) is 7. The number of esters is 3. The minimum absolute atomic E-state index is 0.126. The first kappa shape index (κ1) is 15.4. The quantitative estimate of drug-likeness (QED) is 0.548. The molecule has 0 aliphatic carbocycles. The molecule has 0 aromatic rings. The summed E-state index contributed by atoms with van der Waals surface area (Å²) in [5.41, 5.74) is 0. The van der Waals surface area contributed by atoms with Crippen molar-refractivity contribution >= 4 is 17.9 Å². The molecule has 108 valence electrons. The Bertz CT molecular complexity index is 365. The third kappa shape index (κ3) is 4.86. The van der Waals surface area contributed by atoms with Crippen LogP contribution in [0.2, 0.25) is 0 Å². The Kier molecular flexibility index (Phi) is 5.29. The lowest BCUT2D eigenvalue weighted by atomic mass is 10.0. The first-order chi connectivity index (χ1) is 8.79. The highest BCUT2D eigenvalue weighted by Gasteiger charge is 2.42. The molecular formula is C12H18O7. The summed E-state index contributed by atoms with van der Waals surface area (Å²) in [5, 5.41) is 0. The molecule has 0 aromatic carbocycles. The third-order valence-electron chi connectivity index (χ3n) is 2.54. The van der Waals surface area contributed by atoms with Crippen molar-refractivity contribution in [2.24, 2.45) is 0 Å². The van der Waals surface area contributed by atoms with Gasteiger partial charge in [0.2, 0.25) is 6.29 Å². The summed E-state index contributed by atoms with van der Waals surface area (Å²) in [6.07, 6.45) is -2.65. The van der Waals surface area contributed by atoms with Gasteiger partial charge in [0.05, 0.1) is 12.5 Å². The van der Waals surface area contributed by atoms with E-state index in [1.807, 2.05) is 0 Å². The minimum atomic E-state index is -0.816. The second kappa shape index (κ2) is 6.51. The van der Waals surface area contributed by atoms with E-state index in [9.17, 15) is 14.4 Å². The maximum Gasteiger partial charge on any atom is 0.304 e. The molecule has 1 aliphatic rings. The van der Waals surface area contributed by atoms with Crippen LogP contribution >= 0.6 is 0 Å². The first-order valence-corrected chi connectivity index (χ1v) is 5.96. The van der Waals surface area contributed by atoms with Gasteiger partial charge in [-0.15, -0.1) is 0 Å². The van der Waals surface area contributed by atoms with Crippen LogP contribution in [0.5, 0.6) is 0 Å². The maximum atomic E-state index is 11.1. The topological polar surface area (TPSA) is 88.1 Å². The van der Waals surface area contributed by atoms with E-state index in [-0.39, 0.29) is 6.42 Å². The molecule has 7 nitrogen and oxygen atoms in total. The Labute approximate surface area is 111 Å². The van der Waals surface area contributed by atoms with Crippen molar-refractivity contribution in [3.63, 3.8) is 0 Å². The van der Waals surface area contributed by atoms with Crippen molar-refractivity contribution in [3.05, 3.63) is 0 Å². The van der Waals surface area contributed by atoms with Crippen LogP contribution in [0.15, 0.2) is 0 Å². The Morgan fingerprint density at radius 2 is 1.47 bits per heavy atom. The average Bonchev–Trinajstić information content (AvgIpc) is 2.21. The largest absolute Gasteiger partial charge is 0.458 e. The number of rotatable bonds is 3. The van der Waals surface area contributed by atoms with E-state index in [4.69, 9.17) is 18.9 Å². The van der Waals surface area contributed by atoms with Crippen molar-refractivity contribution in [3.8, 4) is 0 Å². The monoisotopic (exact) mass is 274 g/mol. The zero-order valence-electron chi connectivity index (χ0n) is 11.4. The summed E-state index contributed by atoms with van der Waals surface area (Å²) in [4.78, 5) is 33.0. The predicted molar refractivity (Wildman–Crippen MR) is 61.8 cm³/mol. The Morgan fingerprint density at radius 1 is 0.947 bits per heavy atom. The van der Waals surface area contributed by atoms with Gasteiger partial charge in [0.1, 0.15) is 6.10 Å². The zero-order chi connectivity index (χ0) is 14.6. The Morgan fingerprint density at radius 3 is 1.95 bits per heavy atom. The van der Waals surface area contributed by atoms with Gasteiger partial charge < -0.3 is 18.9 Å². The van der Waals surface area contributed by atoms with Crippen LogP contribution in [0.4, 0.5) is 0 Å². The standard InChI is InChI=1S/C12H18O7/c1-6-12(19-9(4)15)10(17-7(2)13)5-11(16-6)18-8(3)14/h6,10-12H,5H2,1-4H3/t6?,10-,11-,12-/m1/s1. The highest BCUT2D eigenvalue weighted by Crippen LogP contribution is 2.26. The number of carbonyl (C=O) groups excluding carboxylic acids is 3. The molecule has 0 amide bonds. The third-order valence-corrected chi connectivity index (χ3v) is 2.54. The molecule has 1 heterocycles. The van der Waals surface area contributed by atoms with Gasteiger partial charge in [0.25, 0.3) is 0 Å². The number of ether oxygens (including phenoxy) is 4. The van der Waals surface area contributed by atoms with Crippen LogP contribution in [0.1, 0.15) is 34.1 Å². The van der Waals surface area contributed by atoms with E-state index in [2.05, 4.69) is 0 Å². The lowest BCUT2D eigenvalue weighted by molar-refractivity contribution is -0.250. The van der Waals surface area contributed by atoms with Crippen LogP contribution in [0.25, 0.3) is 0 Å². The molecular weight excluding hydrogens is 256 g/mol. The van der Waals surface area contributed by atoms with E-state index in [0.717, 1.165) is 0 Å². The normalized spacial score (nSPS) is 30.3. The van der Waals surface area contributed by atoms with Gasteiger partial charge in [-0.25, -0.2) is 0 Å². The van der Waals surface area contributed by atoms with Crippen LogP contribution in [-0.4, -0.2) is 42.5 Å². The van der Waals surface area contributed by atoms with Crippen molar-refractivity contribution in [1.82, 2.24) is 0 Å². The molecule has 1 saturated heterocycles. The summed E-state index contributed by atoms with van der Waals surface area (Å²) in [6, 6.07) is 0. The fourth-order valence-electron chi connectivity index (χ4n) is 1.95. The van der Waals surface area contributed by atoms with Crippen molar-refractivity contribution in [2.75, 3.05) is 0 Å². The van der Waals surface area contributed by atoms with E-state index in [1.165, 1.54) is 20.8 Å². The minimum Gasteiger partial charge on any atom is -0.458 e. The van der Waals surface area contributed by atoms with Gasteiger partial charge in [0, 0.05) is 20.8 Å². The Balaban J connectivity index is 2.77. The molecule has 0 N–H and O–H groups in total. The van der Waals surface area contributed by atoms with E-state index in [1.54, 1.807) is 6.92 Å². The fraction of sp³-hybridized carbons (Fsp3) is 0.750. The van der Waals surface area contributed by atoms with Gasteiger partial charge >= 0.3 is 17.9 Å². The maximum absolute atomic E-state index is 11.1. The molecule has 0 bridgehead atoms. The number of hydrogen-bond donors (Lipinski definition) is 0. The van der Waals surface area contributed by atoms with Gasteiger partial charge in [0.15, 0.2) is 6.10 Å². The van der Waals surface area contributed by atoms with Crippen molar-refractivity contribution in [1.29, 1.82) is 0 Å². The van der Waals surface area contributed by atoms with Crippen LogP contribution in [0, 0.1) is 0 Å². The average molecular weight is 274 g/mol. The van der Waals surface area contributed by atoms with E-state index >= 15 is 0 Å². The SMILES string of the molecule is CC(=O)O[C@@H]1C[C@@H](OC(C)=O)[C@H](OC(C)=O)C(C)O1. The van der Waals surface area contributed by atoms with Crippen LogP contribution in [-0.2, 0) is 33.3 Å². The summed E-state index contributed by atoms with van der Waals surface area (Å²) >= 11 is 0. The zero-order valence-corrected chi connectivity index (χ0v) is 11.4. The summed E-state index contributed by atoms with van der Waals surface area (Å²) in [5.74, 6) is -1.49. The molecule has 0 radical (unpaired) electrons. The molecule has 1 fully saturated rings. The summed E-state index contributed by atoms with van der Waals surface area (Å²) in [6.45, 7) is 5.42. The Hall–Kier alpha value is -1.63. The number of carbonyl (C=O) groups is 3. The molecule has 19 heavy (non-hydrogen) atoms. The highest BCUT2D eigenvalue weighted by atomic mass is 16.7. The highest BCUT2D eigenvalue weighted by molar-refractivity contribution is 5.67. The van der Waals surface area contributed by atoms with Crippen molar-refractivity contribution < 1.29 is 33.3 Å². The van der Waals surface area contributed by atoms with Gasteiger partial charge in [-0.05, 0) is 6.92 Å². The fourth-order valence-corrected chi connectivity index (χ4v) is 1.95. The van der Waals surface area contributed by atoms with Crippen molar-refractivity contribution in [2.45, 2.75) is 58.7 Å². The van der Waals surface area contributed by atoms with Gasteiger partial charge in [-0.2, -0.15) is 0 Å². The summed E-state index contributed by atoms with van der Waals surface area (Å²) in [7, 11) is 0. The second-order valence-corrected chi connectivity index (χ2v) is 4.34. The molecule has 1 rings (SSSR count). The molecule has 0 spiro atoms. The van der Waals surface area contributed by atoms with Crippen LogP contribution in [0.3, 0.4) is 0 Å². The molecule has 0 saturated carbocycles. The second-order valence-electron chi connectivity index (χ2n) is 4.34. The summed E-state index contributed by atoms with van der Waals surface area (Å²) < 4.78 is 20.5. The molecule has 1 aliphatic heterocycles. The molecule has 4 atom stereocenters. The molecule has 0 aromatic heterocycles. The molecule has 1 unspecified atom stereocenters. The lowest BCUT2D eigenvalue weighted by Crippen LogP contribution is -2.51. The van der Waals surface area contributed by atoms with Gasteiger partial charge in [-0.1, -0.05) is 0 Å². The van der Waals surface area contributed by atoms with Crippen LogP contribution < -0.4 is 0 Å². The van der Waals surface area contributed by atoms with Gasteiger partial charge in [-0.3, -0.25) is 14.4 Å². The first-order valence-electron chi connectivity index (χ1n) is 5.96. The smallest absolute Gasteiger partial charge is 0.304 e. The van der Waals surface area contributed by atoms with E-state index < -0.39 is 42.5 Å². The molecule has 7 heteroatoms. The van der Waals surface area contributed by atoms with E-state index in [0.29, 0.717) is 0 Å². The lowest BCUT2D eigenvalue weighted by Gasteiger charge is -2.38. The predicted octanol–water partition coefficient (Wildman–Crippen LogP) is 0.548.